The molecule has 0 radical (unpaired) electrons. The molecule has 3 aromatic rings. The fourth-order valence-electron chi connectivity index (χ4n) is 2.12. The highest BCUT2D eigenvalue weighted by Crippen LogP contribution is 2.14. The van der Waals surface area contributed by atoms with Crippen molar-refractivity contribution in [3.63, 3.8) is 0 Å². The van der Waals surface area contributed by atoms with Crippen LogP contribution >= 0.6 is 11.3 Å². The molecule has 0 saturated carbocycles. The van der Waals surface area contributed by atoms with Gasteiger partial charge in [0.05, 0.1) is 12.1 Å². The molecule has 0 spiro atoms. The Bertz CT molecular complexity index is 935. The van der Waals surface area contributed by atoms with Crippen LogP contribution in [-0.4, -0.2) is 27.8 Å². The summed E-state index contributed by atoms with van der Waals surface area (Å²) in [5.74, 6) is 1.66. The van der Waals surface area contributed by atoms with Gasteiger partial charge in [0, 0.05) is 13.1 Å². The van der Waals surface area contributed by atoms with Crippen molar-refractivity contribution in [2.75, 3.05) is 7.05 Å². The number of fused-ring (bicyclic) bond motifs is 1. The number of carbonyl (C=O) groups excluding carboxylic acids is 1. The van der Waals surface area contributed by atoms with Gasteiger partial charge in [0.2, 0.25) is 5.91 Å². The Labute approximate surface area is 136 Å². The van der Waals surface area contributed by atoms with Crippen LogP contribution in [0.1, 0.15) is 17.3 Å². The molecule has 0 aromatic carbocycles. The number of amides is 1. The van der Waals surface area contributed by atoms with Crippen LogP contribution in [0.4, 0.5) is 0 Å². The van der Waals surface area contributed by atoms with E-state index in [1.807, 2.05) is 18.4 Å². The zero-order valence-corrected chi connectivity index (χ0v) is 13.5. The van der Waals surface area contributed by atoms with E-state index in [4.69, 9.17) is 4.42 Å². The first-order valence-corrected chi connectivity index (χ1v) is 7.87. The Kier molecular flexibility index (Phi) is 4.12. The Morgan fingerprint density at radius 1 is 1.43 bits per heavy atom. The number of H-pyrrole nitrogens is 1. The monoisotopic (exact) mass is 329 g/mol. The number of aryl methyl sites for hydroxylation is 1. The lowest BCUT2D eigenvalue weighted by Crippen LogP contribution is -2.26. The highest BCUT2D eigenvalue weighted by molar-refractivity contribution is 7.17. The molecule has 0 atom stereocenters. The smallest absolute Gasteiger partial charge is 0.268 e. The van der Waals surface area contributed by atoms with Crippen molar-refractivity contribution in [2.24, 2.45) is 0 Å². The van der Waals surface area contributed by atoms with Crippen molar-refractivity contribution in [2.45, 2.75) is 13.5 Å². The van der Waals surface area contributed by atoms with E-state index in [1.54, 1.807) is 25.3 Å². The van der Waals surface area contributed by atoms with Crippen molar-refractivity contribution in [1.82, 2.24) is 14.9 Å². The van der Waals surface area contributed by atoms with Gasteiger partial charge in [0.25, 0.3) is 5.56 Å². The maximum atomic E-state index is 12.1. The van der Waals surface area contributed by atoms with E-state index >= 15 is 0 Å². The summed E-state index contributed by atoms with van der Waals surface area (Å²) in [6.45, 7) is 2.06. The van der Waals surface area contributed by atoms with E-state index in [0.29, 0.717) is 21.8 Å². The van der Waals surface area contributed by atoms with Crippen LogP contribution in [-0.2, 0) is 11.3 Å². The van der Waals surface area contributed by atoms with Gasteiger partial charge >= 0.3 is 0 Å². The van der Waals surface area contributed by atoms with Crippen LogP contribution in [0, 0.1) is 6.92 Å². The fourth-order valence-corrected chi connectivity index (χ4v) is 2.85. The van der Waals surface area contributed by atoms with Gasteiger partial charge in [-0.1, -0.05) is 0 Å². The maximum Gasteiger partial charge on any atom is 0.268 e. The Morgan fingerprint density at radius 2 is 2.26 bits per heavy atom. The van der Waals surface area contributed by atoms with Crippen LogP contribution in [0.2, 0.25) is 0 Å². The van der Waals surface area contributed by atoms with Gasteiger partial charge in [-0.2, -0.15) is 0 Å². The topological polar surface area (TPSA) is 79.2 Å². The maximum absolute atomic E-state index is 12.1. The van der Waals surface area contributed by atoms with Crippen molar-refractivity contribution >= 4 is 33.5 Å². The lowest BCUT2D eigenvalue weighted by molar-refractivity contribution is -0.125. The van der Waals surface area contributed by atoms with Crippen LogP contribution in [0.5, 0.6) is 0 Å². The van der Waals surface area contributed by atoms with Gasteiger partial charge in [-0.05, 0) is 36.6 Å². The molecule has 7 heteroatoms. The quantitative estimate of drug-likeness (QED) is 0.746. The van der Waals surface area contributed by atoms with E-state index in [0.717, 1.165) is 5.76 Å². The fraction of sp³-hybridized carbons (Fsp3) is 0.188. The molecule has 3 rings (SSSR count). The van der Waals surface area contributed by atoms with E-state index in [9.17, 15) is 9.59 Å². The summed E-state index contributed by atoms with van der Waals surface area (Å²) in [6, 6.07) is 5.42. The number of likely N-dealkylation sites (N-methyl/N-ethyl adjacent to an activating group) is 1. The molecular formula is C16H15N3O3S. The van der Waals surface area contributed by atoms with Crippen LogP contribution in [0.25, 0.3) is 16.3 Å². The van der Waals surface area contributed by atoms with Gasteiger partial charge in [-0.25, -0.2) is 4.98 Å². The minimum absolute atomic E-state index is 0.178. The lowest BCUT2D eigenvalue weighted by atomic mass is 10.3. The largest absolute Gasteiger partial charge is 0.462 e. The zero-order chi connectivity index (χ0) is 16.4. The molecule has 6 nitrogen and oxygen atoms in total. The molecular weight excluding hydrogens is 314 g/mol. The van der Waals surface area contributed by atoms with Gasteiger partial charge in [0.1, 0.15) is 22.0 Å². The minimum atomic E-state index is -0.202. The molecule has 1 N–H and O–H groups in total. The Hall–Kier alpha value is -2.67. The Morgan fingerprint density at radius 3 is 3.00 bits per heavy atom. The number of furan rings is 1. The summed E-state index contributed by atoms with van der Waals surface area (Å²) < 4.78 is 5.96. The summed E-state index contributed by atoms with van der Waals surface area (Å²) in [6.07, 6.45) is 3.05. The average Bonchev–Trinajstić information content (AvgIpc) is 3.13. The third kappa shape index (κ3) is 3.40. The minimum Gasteiger partial charge on any atom is -0.462 e. The molecule has 0 aliphatic heterocycles. The summed E-state index contributed by atoms with van der Waals surface area (Å²) in [5, 5.41) is 1.82. The van der Waals surface area contributed by atoms with Crippen molar-refractivity contribution in [3.05, 3.63) is 57.4 Å². The first-order chi connectivity index (χ1) is 11.0. The van der Waals surface area contributed by atoms with E-state index in [-0.39, 0.29) is 18.0 Å². The van der Waals surface area contributed by atoms with Crippen molar-refractivity contribution in [1.29, 1.82) is 0 Å². The van der Waals surface area contributed by atoms with E-state index < -0.39 is 0 Å². The molecule has 3 heterocycles. The Balaban J connectivity index is 1.72. The molecule has 0 unspecified atom stereocenters. The first kappa shape index (κ1) is 15.2. The number of aromatic nitrogens is 2. The summed E-state index contributed by atoms with van der Waals surface area (Å²) in [5.41, 5.74) is 0.471. The SMILES string of the molecule is Cc1ccc(/C=C/C(=O)N(C)Cc2nc3ccsc3c(=O)[nH]2)o1. The highest BCUT2D eigenvalue weighted by atomic mass is 32.1. The van der Waals surface area contributed by atoms with Crippen molar-refractivity contribution < 1.29 is 9.21 Å². The molecule has 3 aromatic heterocycles. The second-order valence-corrected chi connectivity index (χ2v) is 6.04. The van der Waals surface area contributed by atoms with Crippen LogP contribution in [0.3, 0.4) is 0 Å². The number of thiophene rings is 1. The molecule has 1 amide bonds. The third-order valence-electron chi connectivity index (χ3n) is 3.28. The number of carbonyl (C=O) groups is 1. The van der Waals surface area contributed by atoms with Gasteiger partial charge in [-0.15, -0.1) is 11.3 Å². The van der Waals surface area contributed by atoms with Crippen molar-refractivity contribution in [3.8, 4) is 0 Å². The normalized spacial score (nSPS) is 11.4. The number of hydrogen-bond acceptors (Lipinski definition) is 5. The van der Waals surface area contributed by atoms with Crippen LogP contribution < -0.4 is 5.56 Å². The molecule has 0 bridgehead atoms. The summed E-state index contributed by atoms with van der Waals surface area (Å²) >= 11 is 1.35. The van der Waals surface area contributed by atoms with E-state index in [2.05, 4.69) is 9.97 Å². The average molecular weight is 329 g/mol. The number of nitrogens with zero attached hydrogens (tertiary/aromatic N) is 2. The zero-order valence-electron chi connectivity index (χ0n) is 12.7. The second-order valence-electron chi connectivity index (χ2n) is 5.12. The van der Waals surface area contributed by atoms with Gasteiger partial charge < -0.3 is 14.3 Å². The standard InChI is InChI=1S/C16H15N3O3S/c1-10-3-4-11(22-10)5-6-14(20)19(2)9-13-17-12-7-8-23-15(12)16(21)18-13/h3-8H,9H2,1-2H3,(H,17,18,21)/b6-5+. The lowest BCUT2D eigenvalue weighted by Gasteiger charge is -2.14. The number of aromatic amines is 1. The molecule has 0 saturated heterocycles. The first-order valence-electron chi connectivity index (χ1n) is 6.99. The third-order valence-corrected chi connectivity index (χ3v) is 4.18. The number of nitrogens with one attached hydrogen (secondary N) is 1. The van der Waals surface area contributed by atoms with Gasteiger partial charge in [-0.3, -0.25) is 9.59 Å². The number of hydrogen-bond donors (Lipinski definition) is 1. The molecule has 0 aliphatic rings. The van der Waals surface area contributed by atoms with Crippen LogP contribution in [0.15, 0.2) is 38.9 Å². The van der Waals surface area contributed by atoms with Gasteiger partial charge in [0.15, 0.2) is 0 Å². The second kappa shape index (κ2) is 6.21. The highest BCUT2D eigenvalue weighted by Gasteiger charge is 2.10. The predicted octanol–water partition coefficient (Wildman–Crippen LogP) is 2.56. The molecule has 0 fully saturated rings. The molecule has 118 valence electrons. The summed E-state index contributed by atoms with van der Waals surface area (Å²) in [7, 11) is 1.65. The summed E-state index contributed by atoms with van der Waals surface area (Å²) in [4.78, 5) is 32.6. The molecule has 0 aliphatic carbocycles. The number of rotatable bonds is 4. The molecule has 23 heavy (non-hydrogen) atoms. The van der Waals surface area contributed by atoms with E-state index in [1.165, 1.54) is 22.3 Å². The predicted molar refractivity (Wildman–Crippen MR) is 89.2 cm³/mol.